The first-order valence-corrected chi connectivity index (χ1v) is 15.8. The molecule has 0 bridgehead atoms. The maximum atomic E-state index is 15.5. The molecule has 1 N–H and O–H groups in total. The number of halogens is 1. The highest BCUT2D eigenvalue weighted by Crippen LogP contribution is 2.61. The van der Waals surface area contributed by atoms with E-state index in [0.717, 1.165) is 39.6 Å². The summed E-state index contributed by atoms with van der Waals surface area (Å²) in [4.78, 5) is 2.06. The second kappa shape index (κ2) is 12.2. The fourth-order valence-electron chi connectivity index (χ4n) is 5.37. The fraction of sp³-hybridized carbons (Fsp3) is 0.419. The van der Waals surface area contributed by atoms with E-state index in [2.05, 4.69) is 46.9 Å². The van der Waals surface area contributed by atoms with Crippen LogP contribution in [-0.2, 0) is 9.09 Å². The van der Waals surface area contributed by atoms with Crippen LogP contribution in [-0.4, -0.2) is 20.2 Å². The van der Waals surface area contributed by atoms with Crippen molar-refractivity contribution in [2.45, 2.75) is 51.9 Å². The first-order chi connectivity index (χ1) is 17.7. The molecule has 198 valence electrons. The number of nitrogens with zero attached hydrogens (tertiary/aromatic N) is 1. The number of hydrogen-bond donors (Lipinski definition) is 1. The van der Waals surface area contributed by atoms with E-state index in [9.17, 15) is 0 Å². The van der Waals surface area contributed by atoms with Gasteiger partial charge in [-0.3, -0.25) is 4.57 Å². The van der Waals surface area contributed by atoms with Gasteiger partial charge in [0.1, 0.15) is 5.78 Å². The van der Waals surface area contributed by atoms with Crippen LogP contribution in [0.15, 0.2) is 83.3 Å². The highest BCUT2D eigenvalue weighted by molar-refractivity contribution is 9.10. The summed E-state index contributed by atoms with van der Waals surface area (Å²) < 4.78 is 23.5. The molecular formula is C31H40BrN2O2P. The molecule has 3 aromatic carbocycles. The minimum absolute atomic E-state index is 0.0568. The number of benzene rings is 3. The van der Waals surface area contributed by atoms with Crippen LogP contribution >= 0.6 is 23.3 Å². The van der Waals surface area contributed by atoms with Crippen molar-refractivity contribution in [3.05, 3.63) is 88.9 Å². The predicted molar refractivity (Wildman–Crippen MR) is 161 cm³/mol. The van der Waals surface area contributed by atoms with Crippen LogP contribution in [0.4, 0.5) is 11.4 Å². The van der Waals surface area contributed by atoms with Crippen molar-refractivity contribution in [1.29, 1.82) is 0 Å². The van der Waals surface area contributed by atoms with Crippen molar-refractivity contribution in [3.63, 3.8) is 0 Å². The summed E-state index contributed by atoms with van der Waals surface area (Å²) in [6, 6.07) is 26.2. The first-order valence-electron chi connectivity index (χ1n) is 13.3. The summed E-state index contributed by atoms with van der Waals surface area (Å²) >= 11 is 3.56. The van der Waals surface area contributed by atoms with Crippen molar-refractivity contribution in [3.8, 4) is 0 Å². The van der Waals surface area contributed by atoms with Crippen LogP contribution in [0.5, 0.6) is 0 Å². The van der Waals surface area contributed by atoms with Gasteiger partial charge in [0.15, 0.2) is 0 Å². The van der Waals surface area contributed by atoms with Crippen LogP contribution in [0.1, 0.15) is 51.4 Å². The average molecular weight is 584 g/mol. The third-order valence-electron chi connectivity index (χ3n) is 7.58. The van der Waals surface area contributed by atoms with E-state index >= 15 is 4.57 Å². The Kier molecular flexibility index (Phi) is 9.21. The van der Waals surface area contributed by atoms with Crippen molar-refractivity contribution in [2.75, 3.05) is 24.3 Å². The molecule has 1 fully saturated rings. The van der Waals surface area contributed by atoms with E-state index in [4.69, 9.17) is 4.52 Å². The third-order valence-corrected chi connectivity index (χ3v) is 10.8. The summed E-state index contributed by atoms with van der Waals surface area (Å²) in [6.45, 7) is 6.82. The number of rotatable bonds is 9. The number of hydrogen-bond acceptors (Lipinski definition) is 4. The van der Waals surface area contributed by atoms with Crippen molar-refractivity contribution < 1.29 is 9.09 Å². The molecular weight excluding hydrogens is 543 g/mol. The number of nitrogens with one attached hydrogen (secondary N) is 1. The Balaban J connectivity index is 1.84. The zero-order valence-electron chi connectivity index (χ0n) is 22.6. The smallest absolute Gasteiger partial charge is 0.258 e. The van der Waals surface area contributed by atoms with Gasteiger partial charge in [-0.1, -0.05) is 73.5 Å². The summed E-state index contributed by atoms with van der Waals surface area (Å²) in [5.41, 5.74) is 2.93. The van der Waals surface area contributed by atoms with E-state index in [0.29, 0.717) is 17.8 Å². The van der Waals surface area contributed by atoms with Gasteiger partial charge in [0.2, 0.25) is 0 Å². The molecule has 0 heterocycles. The van der Waals surface area contributed by atoms with Gasteiger partial charge in [-0.2, -0.15) is 0 Å². The normalized spacial score (nSPS) is 22.3. The second-order valence-corrected chi connectivity index (χ2v) is 14.3. The molecule has 0 spiro atoms. The molecule has 1 saturated carbocycles. The van der Waals surface area contributed by atoms with Crippen LogP contribution < -0.4 is 15.5 Å². The summed E-state index contributed by atoms with van der Waals surface area (Å²) in [7, 11) is 0.583. The fourth-order valence-corrected chi connectivity index (χ4v) is 8.27. The molecule has 1 aliphatic carbocycles. The summed E-state index contributed by atoms with van der Waals surface area (Å²) in [6.07, 6.45) is 3.18. The molecule has 4 rings (SSSR count). The molecule has 3 aromatic rings. The Bertz CT molecular complexity index is 1180. The zero-order valence-corrected chi connectivity index (χ0v) is 25.1. The van der Waals surface area contributed by atoms with Gasteiger partial charge in [0.25, 0.3) is 7.37 Å². The lowest BCUT2D eigenvalue weighted by molar-refractivity contribution is 0.0489. The van der Waals surface area contributed by atoms with E-state index < -0.39 is 13.2 Å². The van der Waals surface area contributed by atoms with Gasteiger partial charge < -0.3 is 14.7 Å². The van der Waals surface area contributed by atoms with Gasteiger partial charge in [0, 0.05) is 35.2 Å². The third kappa shape index (κ3) is 6.69. The minimum atomic E-state index is -3.45. The van der Waals surface area contributed by atoms with E-state index in [-0.39, 0.29) is 6.10 Å². The lowest BCUT2D eigenvalue weighted by atomic mass is 9.75. The molecule has 0 amide bonds. The van der Waals surface area contributed by atoms with Gasteiger partial charge in [0.05, 0.1) is 6.10 Å². The van der Waals surface area contributed by atoms with E-state index in [1.165, 1.54) is 6.42 Å². The minimum Gasteiger partial charge on any atom is -0.378 e. The molecule has 0 unspecified atom stereocenters. The Morgan fingerprint density at radius 1 is 0.946 bits per heavy atom. The molecule has 6 heteroatoms. The highest BCUT2D eigenvalue weighted by atomic mass is 79.9. The van der Waals surface area contributed by atoms with Crippen molar-refractivity contribution in [2.24, 2.45) is 17.8 Å². The lowest BCUT2D eigenvalue weighted by Crippen LogP contribution is -2.35. The maximum Gasteiger partial charge on any atom is 0.258 e. The van der Waals surface area contributed by atoms with Gasteiger partial charge in [-0.15, -0.1) is 0 Å². The Morgan fingerprint density at radius 2 is 1.59 bits per heavy atom. The van der Waals surface area contributed by atoms with Crippen LogP contribution in [0.3, 0.4) is 0 Å². The average Bonchev–Trinajstić information content (AvgIpc) is 2.88. The number of para-hydroxylation sites is 1. The summed E-state index contributed by atoms with van der Waals surface area (Å²) in [5.74, 6) is 0.874. The molecule has 0 aromatic heterocycles. The zero-order chi connectivity index (χ0) is 26.6. The molecule has 0 saturated heterocycles. The largest absolute Gasteiger partial charge is 0.378 e. The lowest BCUT2D eigenvalue weighted by Gasteiger charge is -2.41. The highest BCUT2D eigenvalue weighted by Gasteiger charge is 2.43. The number of anilines is 2. The first kappa shape index (κ1) is 28.0. The SMILES string of the molecule is CC(C)[C@H]1CC[C@@H](C)C[C@H]1O[P@](=O)(c1ccc(N(C)C)cc1)[C@H](Nc1ccccc1)c1ccc(Br)cc1. The van der Waals surface area contributed by atoms with E-state index in [1.54, 1.807) is 0 Å². The molecule has 1 aliphatic rings. The van der Waals surface area contributed by atoms with E-state index in [1.807, 2.05) is 93.0 Å². The molecule has 0 radical (unpaired) electrons. The Hall–Kier alpha value is -2.07. The standard InChI is InChI=1S/C31H40BrN2O2P/c1-22(2)29-20-11-23(3)21-30(29)36-37(35,28-18-16-27(17-19-28)34(4)5)31(24-12-14-25(32)15-13-24)33-26-9-7-6-8-10-26/h6-10,12-19,22-23,29-31,33H,11,20-21H2,1-5H3/t23-,29-,30-,31+,37-/m1/s1. The topological polar surface area (TPSA) is 41.6 Å². The van der Waals surface area contributed by atoms with Crippen LogP contribution in [0.2, 0.25) is 0 Å². The maximum absolute atomic E-state index is 15.5. The molecule has 0 aliphatic heterocycles. The monoisotopic (exact) mass is 582 g/mol. The van der Waals surface area contributed by atoms with Crippen LogP contribution in [0, 0.1) is 17.8 Å². The van der Waals surface area contributed by atoms with Gasteiger partial charge >= 0.3 is 0 Å². The summed E-state index contributed by atoms with van der Waals surface area (Å²) in [5, 5.41) is 4.37. The van der Waals surface area contributed by atoms with Crippen LogP contribution in [0.25, 0.3) is 0 Å². The Labute approximate surface area is 231 Å². The van der Waals surface area contributed by atoms with Gasteiger partial charge in [-0.25, -0.2) is 0 Å². The predicted octanol–water partition coefficient (Wildman–Crippen LogP) is 8.71. The quantitative estimate of drug-likeness (QED) is 0.256. The molecule has 37 heavy (non-hydrogen) atoms. The van der Waals surface area contributed by atoms with Crippen molar-refractivity contribution >= 4 is 40.0 Å². The Morgan fingerprint density at radius 3 is 2.19 bits per heavy atom. The van der Waals surface area contributed by atoms with Crippen molar-refractivity contribution in [1.82, 2.24) is 0 Å². The second-order valence-electron chi connectivity index (χ2n) is 10.9. The molecule has 4 nitrogen and oxygen atoms in total. The molecule has 5 atom stereocenters. The van der Waals surface area contributed by atoms with Gasteiger partial charge in [-0.05, 0) is 84.7 Å².